The summed E-state index contributed by atoms with van der Waals surface area (Å²) >= 11 is 0. The minimum absolute atomic E-state index is 0.430. The number of hydrogen-bond acceptors (Lipinski definition) is 2. The van der Waals surface area contributed by atoms with Gasteiger partial charge in [0.1, 0.15) is 5.75 Å². The lowest BCUT2D eigenvalue weighted by Gasteiger charge is -2.14. The maximum Gasteiger partial charge on any atom is 0.122 e. The molecular formula is C14H18O2. The zero-order valence-corrected chi connectivity index (χ0v) is 9.75. The molecule has 0 unspecified atom stereocenters. The first-order valence-corrected chi connectivity index (χ1v) is 6.11. The monoisotopic (exact) mass is 218 g/mol. The molecule has 3 rings (SSSR count). The average Bonchev–Trinajstić information content (AvgIpc) is 2.82. The third-order valence-electron chi connectivity index (χ3n) is 3.84. The van der Waals surface area contributed by atoms with Gasteiger partial charge in [0.2, 0.25) is 0 Å². The summed E-state index contributed by atoms with van der Waals surface area (Å²) in [5.41, 5.74) is 3.65. The van der Waals surface area contributed by atoms with Gasteiger partial charge >= 0.3 is 0 Å². The van der Waals surface area contributed by atoms with Crippen LogP contribution in [0.25, 0.3) is 0 Å². The van der Waals surface area contributed by atoms with Crippen molar-refractivity contribution in [2.45, 2.75) is 44.1 Å². The van der Waals surface area contributed by atoms with Crippen LogP contribution in [0.3, 0.4) is 0 Å². The van der Waals surface area contributed by atoms with Crippen molar-refractivity contribution in [3.8, 4) is 5.75 Å². The molecule has 0 saturated heterocycles. The van der Waals surface area contributed by atoms with Gasteiger partial charge in [-0.2, -0.15) is 0 Å². The molecule has 1 saturated carbocycles. The summed E-state index contributed by atoms with van der Waals surface area (Å²) < 4.78 is 5.43. The van der Waals surface area contributed by atoms with Crippen LogP contribution in [0.1, 0.15) is 36.0 Å². The van der Waals surface area contributed by atoms with E-state index in [9.17, 15) is 5.11 Å². The molecule has 2 nitrogen and oxygen atoms in total. The Balaban J connectivity index is 1.95. The van der Waals surface area contributed by atoms with E-state index in [-0.39, 0.29) is 0 Å². The third-order valence-corrected chi connectivity index (χ3v) is 3.84. The van der Waals surface area contributed by atoms with E-state index in [4.69, 9.17) is 4.74 Å². The molecule has 0 atom stereocenters. The molecule has 0 bridgehead atoms. The Morgan fingerprint density at radius 2 is 1.94 bits per heavy atom. The first-order valence-electron chi connectivity index (χ1n) is 6.11. The Morgan fingerprint density at radius 3 is 2.56 bits per heavy atom. The summed E-state index contributed by atoms with van der Waals surface area (Å²) in [7, 11) is 1.72. The van der Waals surface area contributed by atoms with Gasteiger partial charge in [-0.25, -0.2) is 0 Å². The minimum Gasteiger partial charge on any atom is -0.496 e. The number of benzene rings is 1. The van der Waals surface area contributed by atoms with Crippen LogP contribution in [-0.2, 0) is 19.3 Å². The van der Waals surface area contributed by atoms with Crippen molar-refractivity contribution < 1.29 is 9.84 Å². The number of aliphatic hydroxyl groups is 1. The highest BCUT2D eigenvalue weighted by molar-refractivity contribution is 5.45. The Labute approximate surface area is 96.2 Å². The van der Waals surface area contributed by atoms with E-state index in [2.05, 4.69) is 12.1 Å². The number of aryl methyl sites for hydroxylation is 2. The lowest BCUT2D eigenvalue weighted by molar-refractivity contribution is 0.150. The maximum atomic E-state index is 10.00. The predicted molar refractivity (Wildman–Crippen MR) is 62.9 cm³/mol. The normalized spacial score (nSPS) is 20.6. The quantitative estimate of drug-likeness (QED) is 0.843. The lowest BCUT2D eigenvalue weighted by atomic mass is 10.00. The van der Waals surface area contributed by atoms with E-state index in [1.165, 1.54) is 36.0 Å². The van der Waals surface area contributed by atoms with Crippen LogP contribution in [0.2, 0.25) is 0 Å². The van der Waals surface area contributed by atoms with Crippen molar-refractivity contribution in [1.29, 1.82) is 0 Å². The second-order valence-electron chi connectivity index (χ2n) is 5.19. The van der Waals surface area contributed by atoms with Crippen LogP contribution < -0.4 is 4.74 Å². The number of rotatable bonds is 3. The fourth-order valence-corrected chi connectivity index (χ4v) is 2.66. The zero-order chi connectivity index (χ0) is 11.2. The molecule has 0 aliphatic heterocycles. The van der Waals surface area contributed by atoms with Gasteiger partial charge in [-0.1, -0.05) is 6.07 Å². The summed E-state index contributed by atoms with van der Waals surface area (Å²) in [6.45, 7) is 0. The largest absolute Gasteiger partial charge is 0.496 e. The topological polar surface area (TPSA) is 29.5 Å². The van der Waals surface area contributed by atoms with Gasteiger partial charge in [0, 0.05) is 6.42 Å². The molecule has 2 aliphatic rings. The van der Waals surface area contributed by atoms with Crippen LogP contribution in [-0.4, -0.2) is 17.8 Å². The zero-order valence-electron chi connectivity index (χ0n) is 9.75. The smallest absolute Gasteiger partial charge is 0.122 e. The highest BCUT2D eigenvalue weighted by Gasteiger charge is 2.41. The van der Waals surface area contributed by atoms with Crippen molar-refractivity contribution in [2.75, 3.05) is 7.11 Å². The second-order valence-corrected chi connectivity index (χ2v) is 5.19. The SMILES string of the molecule is COc1cc2c(cc1CC1(O)CC1)CCC2. The van der Waals surface area contributed by atoms with E-state index >= 15 is 0 Å². The summed E-state index contributed by atoms with van der Waals surface area (Å²) in [4.78, 5) is 0. The Bertz CT molecular complexity index is 419. The third kappa shape index (κ3) is 1.71. The molecule has 0 spiro atoms. The fraction of sp³-hybridized carbons (Fsp3) is 0.571. The van der Waals surface area contributed by atoms with Gasteiger partial charge in [-0.05, 0) is 54.9 Å². The molecule has 1 fully saturated rings. The van der Waals surface area contributed by atoms with Crippen LogP contribution in [0.15, 0.2) is 12.1 Å². The molecule has 1 N–H and O–H groups in total. The molecule has 0 aromatic heterocycles. The minimum atomic E-state index is -0.430. The number of hydrogen-bond donors (Lipinski definition) is 1. The molecule has 16 heavy (non-hydrogen) atoms. The van der Waals surface area contributed by atoms with Gasteiger partial charge in [0.05, 0.1) is 12.7 Å². The van der Waals surface area contributed by atoms with E-state index in [0.29, 0.717) is 0 Å². The van der Waals surface area contributed by atoms with Gasteiger partial charge in [-0.3, -0.25) is 0 Å². The first kappa shape index (κ1) is 10.2. The molecule has 86 valence electrons. The lowest BCUT2D eigenvalue weighted by Crippen LogP contribution is -2.12. The molecular weight excluding hydrogens is 200 g/mol. The first-order chi connectivity index (χ1) is 7.70. The van der Waals surface area contributed by atoms with Gasteiger partial charge < -0.3 is 9.84 Å². The Morgan fingerprint density at radius 1 is 1.25 bits per heavy atom. The Kier molecular flexibility index (Phi) is 2.21. The molecule has 1 aromatic rings. The fourth-order valence-electron chi connectivity index (χ4n) is 2.66. The van der Waals surface area contributed by atoms with Crippen molar-refractivity contribution >= 4 is 0 Å². The molecule has 0 radical (unpaired) electrons. The second kappa shape index (κ2) is 3.49. The van der Waals surface area contributed by atoms with Crippen molar-refractivity contribution in [3.63, 3.8) is 0 Å². The highest BCUT2D eigenvalue weighted by Crippen LogP contribution is 2.41. The van der Waals surface area contributed by atoms with E-state index in [1.807, 2.05) is 0 Å². The van der Waals surface area contributed by atoms with Crippen LogP contribution in [0.4, 0.5) is 0 Å². The van der Waals surface area contributed by atoms with E-state index in [0.717, 1.165) is 25.0 Å². The summed E-state index contributed by atoms with van der Waals surface area (Å²) in [6.07, 6.45) is 6.25. The summed E-state index contributed by atoms with van der Waals surface area (Å²) in [5, 5.41) is 10.00. The highest BCUT2D eigenvalue weighted by atomic mass is 16.5. The van der Waals surface area contributed by atoms with Gasteiger partial charge in [0.15, 0.2) is 0 Å². The van der Waals surface area contributed by atoms with Crippen LogP contribution >= 0.6 is 0 Å². The standard InChI is InChI=1S/C14H18O2/c1-16-13-8-11-4-2-3-10(11)7-12(13)9-14(15)5-6-14/h7-8,15H,2-6,9H2,1H3. The van der Waals surface area contributed by atoms with Crippen LogP contribution in [0.5, 0.6) is 5.75 Å². The number of ether oxygens (including phenoxy) is 1. The van der Waals surface area contributed by atoms with Gasteiger partial charge in [0.25, 0.3) is 0 Å². The molecule has 0 heterocycles. The molecule has 0 amide bonds. The maximum absolute atomic E-state index is 10.00. The average molecular weight is 218 g/mol. The molecule has 1 aromatic carbocycles. The number of methoxy groups -OCH3 is 1. The Hall–Kier alpha value is -1.02. The van der Waals surface area contributed by atoms with Crippen molar-refractivity contribution in [3.05, 3.63) is 28.8 Å². The van der Waals surface area contributed by atoms with Gasteiger partial charge in [-0.15, -0.1) is 0 Å². The van der Waals surface area contributed by atoms with Crippen LogP contribution in [0, 0.1) is 0 Å². The molecule has 2 heteroatoms. The van der Waals surface area contributed by atoms with E-state index in [1.54, 1.807) is 7.11 Å². The van der Waals surface area contributed by atoms with Crippen molar-refractivity contribution in [1.82, 2.24) is 0 Å². The van der Waals surface area contributed by atoms with Crippen molar-refractivity contribution in [2.24, 2.45) is 0 Å². The van der Waals surface area contributed by atoms with E-state index < -0.39 is 5.60 Å². The molecule has 2 aliphatic carbocycles. The predicted octanol–water partition coefficient (Wildman–Crippen LogP) is 2.25. The number of fused-ring (bicyclic) bond motifs is 1. The summed E-state index contributed by atoms with van der Waals surface area (Å²) in [5.74, 6) is 0.959. The summed E-state index contributed by atoms with van der Waals surface area (Å²) in [6, 6.07) is 4.42.